The fraction of sp³-hybridized carbons (Fsp3) is 0.286. The first-order chi connectivity index (χ1) is 17.3. The van der Waals surface area contributed by atoms with Crippen molar-refractivity contribution >= 4 is 22.6 Å². The Labute approximate surface area is 215 Å². The summed E-state index contributed by atoms with van der Waals surface area (Å²) in [6.07, 6.45) is 11.0. The molecule has 1 aliphatic rings. The number of benzene rings is 2. The molecule has 0 radical (unpaired) electrons. The molecule has 2 N–H and O–H groups in total. The standard InChI is InChI=1S/C26H29N3O4S.C2H2/c1-5-17-6-12-21(13-7-17)34(31)29-23-15-26(2,3)33-25-22(23)14-18(16-27-25)24(30)28-19-8-10-20(32-4)11-9-19;1-2/h6-14,16,23,29H,5,15H2,1-4H3,(H,28,30);1-2H/t23-,34?;/m0./s1. The van der Waals surface area contributed by atoms with Gasteiger partial charge in [0, 0.05) is 23.9 Å². The quantitative estimate of drug-likeness (QED) is 0.438. The minimum atomic E-state index is -1.43. The number of nitrogens with one attached hydrogen (secondary N) is 2. The van der Waals surface area contributed by atoms with Crippen LogP contribution in [0, 0.1) is 12.8 Å². The summed E-state index contributed by atoms with van der Waals surface area (Å²) in [4.78, 5) is 18.0. The van der Waals surface area contributed by atoms with E-state index < -0.39 is 16.6 Å². The van der Waals surface area contributed by atoms with Gasteiger partial charge in [0.2, 0.25) is 5.88 Å². The van der Waals surface area contributed by atoms with Crippen LogP contribution in [0.2, 0.25) is 0 Å². The van der Waals surface area contributed by atoms with Crippen molar-refractivity contribution in [1.82, 2.24) is 9.71 Å². The molecule has 0 bridgehead atoms. The first-order valence-electron chi connectivity index (χ1n) is 11.5. The number of pyridine rings is 1. The van der Waals surface area contributed by atoms with Crippen molar-refractivity contribution in [3.8, 4) is 24.5 Å². The molecular weight excluding hydrogens is 474 g/mol. The van der Waals surface area contributed by atoms with Gasteiger partial charge in [-0.3, -0.25) is 4.79 Å². The predicted molar refractivity (Wildman–Crippen MR) is 143 cm³/mol. The van der Waals surface area contributed by atoms with Gasteiger partial charge in [0.05, 0.1) is 23.6 Å². The number of methoxy groups -OCH3 is 1. The molecule has 2 heterocycles. The molecule has 0 saturated carbocycles. The maximum atomic E-state index is 13.1. The van der Waals surface area contributed by atoms with Crippen LogP contribution in [0.1, 0.15) is 54.7 Å². The van der Waals surface area contributed by atoms with Crippen LogP contribution in [0.15, 0.2) is 65.7 Å². The minimum absolute atomic E-state index is 0.291. The highest BCUT2D eigenvalue weighted by Gasteiger charge is 2.36. The monoisotopic (exact) mass is 505 g/mol. The number of hydrogen-bond acceptors (Lipinski definition) is 5. The number of rotatable bonds is 7. The third kappa shape index (κ3) is 6.51. The van der Waals surface area contributed by atoms with E-state index >= 15 is 0 Å². The number of carbonyl (C=O) groups is 1. The van der Waals surface area contributed by atoms with Crippen molar-refractivity contribution in [1.29, 1.82) is 0 Å². The zero-order valence-corrected chi connectivity index (χ0v) is 21.7. The summed E-state index contributed by atoms with van der Waals surface area (Å²) in [6, 6.07) is 16.3. The van der Waals surface area contributed by atoms with E-state index in [2.05, 4.69) is 34.8 Å². The summed E-state index contributed by atoms with van der Waals surface area (Å²) in [7, 11) is 0.161. The van der Waals surface area contributed by atoms with E-state index in [0.717, 1.165) is 6.42 Å². The second-order valence-electron chi connectivity index (χ2n) is 8.80. The number of amides is 1. The molecule has 2 aromatic carbocycles. The zero-order valence-electron chi connectivity index (χ0n) is 20.9. The number of carbonyl (C=O) groups excluding carboxylic acids is 1. The smallest absolute Gasteiger partial charge is 0.257 e. The van der Waals surface area contributed by atoms with Crippen LogP contribution in [0.3, 0.4) is 0 Å². The molecule has 1 amide bonds. The molecule has 1 unspecified atom stereocenters. The second-order valence-corrected chi connectivity index (χ2v) is 10.0. The van der Waals surface area contributed by atoms with E-state index in [1.165, 1.54) is 11.8 Å². The molecule has 8 heteroatoms. The average Bonchev–Trinajstić information content (AvgIpc) is 2.89. The Morgan fingerprint density at radius 2 is 1.83 bits per heavy atom. The zero-order chi connectivity index (χ0) is 26.3. The van der Waals surface area contributed by atoms with Gasteiger partial charge in [0.1, 0.15) is 22.3 Å². The van der Waals surface area contributed by atoms with Gasteiger partial charge in [0.15, 0.2) is 0 Å². The van der Waals surface area contributed by atoms with Gasteiger partial charge in [-0.15, -0.1) is 12.8 Å². The van der Waals surface area contributed by atoms with Crippen molar-refractivity contribution in [3.05, 3.63) is 77.5 Å². The van der Waals surface area contributed by atoms with E-state index in [1.807, 2.05) is 38.1 Å². The summed E-state index contributed by atoms with van der Waals surface area (Å²) in [6.45, 7) is 6.02. The molecule has 1 aliphatic heterocycles. The Morgan fingerprint density at radius 1 is 1.17 bits per heavy atom. The predicted octanol–water partition coefficient (Wildman–Crippen LogP) is 5.07. The van der Waals surface area contributed by atoms with Gasteiger partial charge in [0.25, 0.3) is 5.91 Å². The fourth-order valence-electron chi connectivity index (χ4n) is 3.86. The largest absolute Gasteiger partial charge is 0.497 e. The van der Waals surface area contributed by atoms with E-state index in [9.17, 15) is 9.00 Å². The lowest BCUT2D eigenvalue weighted by Gasteiger charge is -2.36. The highest BCUT2D eigenvalue weighted by atomic mass is 32.2. The van der Waals surface area contributed by atoms with Crippen LogP contribution < -0.4 is 19.5 Å². The average molecular weight is 506 g/mol. The van der Waals surface area contributed by atoms with Crippen molar-refractivity contribution in [2.24, 2.45) is 0 Å². The van der Waals surface area contributed by atoms with E-state index in [-0.39, 0.29) is 11.9 Å². The van der Waals surface area contributed by atoms with E-state index in [4.69, 9.17) is 9.47 Å². The Balaban J connectivity index is 0.00000176. The summed E-state index contributed by atoms with van der Waals surface area (Å²) in [5.74, 6) is 0.855. The number of anilines is 1. The van der Waals surface area contributed by atoms with Crippen LogP contribution in [0.5, 0.6) is 11.6 Å². The molecule has 2 atom stereocenters. The number of terminal acetylenes is 1. The molecule has 188 valence electrons. The fourth-order valence-corrected chi connectivity index (χ4v) is 4.85. The number of aryl methyl sites for hydroxylation is 1. The van der Waals surface area contributed by atoms with Gasteiger partial charge in [-0.2, -0.15) is 0 Å². The van der Waals surface area contributed by atoms with Gasteiger partial charge >= 0.3 is 0 Å². The molecule has 0 fully saturated rings. The maximum absolute atomic E-state index is 13.1. The highest BCUT2D eigenvalue weighted by molar-refractivity contribution is 7.83. The number of fused-ring (bicyclic) bond motifs is 1. The lowest BCUT2D eigenvalue weighted by Crippen LogP contribution is -2.40. The molecule has 1 aromatic heterocycles. The normalized spacial score (nSPS) is 16.3. The topological polar surface area (TPSA) is 89.5 Å². The molecule has 7 nitrogen and oxygen atoms in total. The lowest BCUT2D eigenvalue weighted by molar-refractivity contribution is 0.0642. The minimum Gasteiger partial charge on any atom is -0.497 e. The van der Waals surface area contributed by atoms with Crippen LogP contribution in [0.25, 0.3) is 0 Å². The molecule has 0 saturated heterocycles. The molecular formula is C28H31N3O4S. The third-order valence-electron chi connectivity index (χ3n) is 5.73. The number of ether oxygens (including phenoxy) is 2. The van der Waals surface area contributed by atoms with Gasteiger partial charge < -0.3 is 14.8 Å². The van der Waals surface area contributed by atoms with E-state index in [1.54, 1.807) is 37.4 Å². The Kier molecular flexibility index (Phi) is 8.86. The van der Waals surface area contributed by atoms with Crippen LogP contribution in [0.4, 0.5) is 5.69 Å². The van der Waals surface area contributed by atoms with Crippen molar-refractivity contribution in [2.45, 2.75) is 50.2 Å². The molecule has 4 rings (SSSR count). The molecule has 3 aromatic rings. The second kappa shape index (κ2) is 11.8. The van der Waals surface area contributed by atoms with Gasteiger partial charge in [-0.05, 0) is 68.3 Å². The lowest BCUT2D eigenvalue weighted by atomic mass is 9.91. The van der Waals surface area contributed by atoms with Gasteiger partial charge in [-0.25, -0.2) is 13.9 Å². The first kappa shape index (κ1) is 26.9. The molecule has 0 aliphatic carbocycles. The van der Waals surface area contributed by atoms with Gasteiger partial charge in [-0.1, -0.05) is 19.1 Å². The number of nitrogens with zero attached hydrogens (tertiary/aromatic N) is 1. The van der Waals surface area contributed by atoms with Crippen molar-refractivity contribution in [3.63, 3.8) is 0 Å². The Bertz CT molecular complexity index is 1240. The van der Waals surface area contributed by atoms with Crippen molar-refractivity contribution in [2.75, 3.05) is 12.4 Å². The summed E-state index contributed by atoms with van der Waals surface area (Å²) < 4.78 is 27.5. The summed E-state index contributed by atoms with van der Waals surface area (Å²) in [5.41, 5.74) is 2.44. The number of aromatic nitrogens is 1. The number of hydrogen-bond donors (Lipinski definition) is 2. The maximum Gasteiger partial charge on any atom is 0.257 e. The molecule has 36 heavy (non-hydrogen) atoms. The summed E-state index contributed by atoms with van der Waals surface area (Å²) in [5, 5.41) is 2.87. The SMILES string of the molecule is C#C.CCc1ccc(S(=O)N[C@H]2CC(C)(C)Oc3ncc(C(=O)Nc4ccc(OC)cc4)cc32)cc1. The third-order valence-corrected chi connectivity index (χ3v) is 6.93. The first-order valence-corrected chi connectivity index (χ1v) is 12.7. The Morgan fingerprint density at radius 3 is 2.44 bits per heavy atom. The molecule has 0 spiro atoms. The van der Waals surface area contributed by atoms with Crippen LogP contribution in [-0.4, -0.2) is 27.8 Å². The summed E-state index contributed by atoms with van der Waals surface area (Å²) >= 11 is 0. The highest BCUT2D eigenvalue weighted by Crippen LogP contribution is 2.39. The van der Waals surface area contributed by atoms with Crippen LogP contribution in [-0.2, 0) is 17.4 Å². The Hall–Kier alpha value is -3.67. The van der Waals surface area contributed by atoms with E-state index in [0.29, 0.717) is 39.8 Å². The van der Waals surface area contributed by atoms with Crippen molar-refractivity contribution < 1.29 is 18.5 Å². The van der Waals surface area contributed by atoms with Crippen LogP contribution >= 0.6 is 0 Å².